The van der Waals surface area contributed by atoms with Crippen molar-refractivity contribution < 1.29 is 0 Å². The van der Waals surface area contributed by atoms with E-state index >= 15 is 0 Å². The zero-order valence-electron chi connectivity index (χ0n) is 10.2. The Morgan fingerprint density at radius 1 is 1.12 bits per heavy atom. The van der Waals surface area contributed by atoms with Gasteiger partial charge in [0, 0.05) is 11.9 Å². The third kappa shape index (κ3) is 2.11. The molecule has 0 saturated carbocycles. The number of hydrogen-bond donors (Lipinski definition) is 0. The topological polar surface area (TPSA) is 17.8 Å². The number of para-hydroxylation sites is 1. The molecule has 16 heavy (non-hydrogen) atoms. The molecule has 86 valence electrons. The van der Waals surface area contributed by atoms with Gasteiger partial charge in [0.1, 0.15) is 0 Å². The predicted octanol–water partition coefficient (Wildman–Crippen LogP) is 3.79. The molecule has 2 nitrogen and oxygen atoms in total. The summed E-state index contributed by atoms with van der Waals surface area (Å²) < 4.78 is 2.17. The van der Waals surface area contributed by atoms with Crippen LogP contribution in [0.4, 0.5) is 0 Å². The van der Waals surface area contributed by atoms with Gasteiger partial charge in [-0.25, -0.2) is 0 Å². The number of unbranched alkanes of at least 4 members (excludes halogenated alkanes) is 2. The lowest BCUT2D eigenvalue weighted by molar-refractivity contribution is 0.562. The first-order chi connectivity index (χ1) is 7.86. The van der Waals surface area contributed by atoms with Gasteiger partial charge in [-0.1, -0.05) is 44.9 Å². The van der Waals surface area contributed by atoms with Crippen molar-refractivity contribution in [1.29, 1.82) is 0 Å². The maximum atomic E-state index is 4.70. The third-order valence-corrected chi connectivity index (χ3v) is 3.04. The van der Waals surface area contributed by atoms with Crippen LogP contribution in [0.25, 0.3) is 10.9 Å². The summed E-state index contributed by atoms with van der Waals surface area (Å²) in [5.74, 6) is 0. The molecule has 1 aromatic carbocycles. The highest BCUT2D eigenvalue weighted by Crippen LogP contribution is 2.19. The summed E-state index contributed by atoms with van der Waals surface area (Å²) in [5.41, 5.74) is 2.52. The number of aryl methyl sites for hydroxylation is 2. The van der Waals surface area contributed by atoms with E-state index in [9.17, 15) is 0 Å². The maximum absolute atomic E-state index is 4.70. The molecule has 1 heterocycles. The van der Waals surface area contributed by atoms with Crippen LogP contribution < -0.4 is 0 Å². The molecule has 0 radical (unpaired) electrons. The Balaban J connectivity index is 2.30. The van der Waals surface area contributed by atoms with E-state index in [4.69, 9.17) is 5.10 Å². The zero-order valence-corrected chi connectivity index (χ0v) is 10.2. The number of fused-ring (bicyclic) bond motifs is 1. The number of rotatable bonds is 5. The molecule has 0 unspecified atom stereocenters. The van der Waals surface area contributed by atoms with E-state index in [2.05, 4.69) is 42.8 Å². The second-order valence-corrected chi connectivity index (χ2v) is 4.25. The molecule has 2 heteroatoms. The first kappa shape index (κ1) is 11.2. The van der Waals surface area contributed by atoms with E-state index in [-0.39, 0.29) is 0 Å². The van der Waals surface area contributed by atoms with Gasteiger partial charge in [-0.3, -0.25) is 4.68 Å². The SMILES string of the molecule is CCCCCn1nc(CC)c2ccccc21. The Bertz CT molecular complexity index is 457. The number of benzene rings is 1. The predicted molar refractivity (Wildman–Crippen MR) is 68.6 cm³/mol. The molecule has 2 rings (SSSR count). The van der Waals surface area contributed by atoms with Gasteiger partial charge in [0.15, 0.2) is 0 Å². The van der Waals surface area contributed by atoms with Gasteiger partial charge in [0.25, 0.3) is 0 Å². The molecule has 1 aromatic heterocycles. The van der Waals surface area contributed by atoms with Gasteiger partial charge in [-0.05, 0) is 18.9 Å². The van der Waals surface area contributed by atoms with Crippen LogP contribution in [0.15, 0.2) is 24.3 Å². The van der Waals surface area contributed by atoms with Gasteiger partial charge < -0.3 is 0 Å². The smallest absolute Gasteiger partial charge is 0.0700 e. The molecule has 0 atom stereocenters. The van der Waals surface area contributed by atoms with E-state index in [1.807, 2.05) is 0 Å². The quantitative estimate of drug-likeness (QED) is 0.695. The number of hydrogen-bond acceptors (Lipinski definition) is 1. The molecule has 0 bridgehead atoms. The van der Waals surface area contributed by atoms with Crippen LogP contribution in [0.3, 0.4) is 0 Å². The lowest BCUT2D eigenvalue weighted by Crippen LogP contribution is -2.00. The van der Waals surface area contributed by atoms with Gasteiger partial charge >= 0.3 is 0 Å². The molecule has 0 fully saturated rings. The molecule has 0 N–H and O–H groups in total. The van der Waals surface area contributed by atoms with Crippen LogP contribution in [0.5, 0.6) is 0 Å². The van der Waals surface area contributed by atoms with Crippen molar-refractivity contribution in [3.63, 3.8) is 0 Å². The summed E-state index contributed by atoms with van der Waals surface area (Å²) in [4.78, 5) is 0. The summed E-state index contributed by atoms with van der Waals surface area (Å²) >= 11 is 0. The fraction of sp³-hybridized carbons (Fsp3) is 0.500. The molecule has 0 aliphatic heterocycles. The van der Waals surface area contributed by atoms with E-state index in [1.54, 1.807) is 0 Å². The van der Waals surface area contributed by atoms with Crippen LogP contribution in [0, 0.1) is 0 Å². The van der Waals surface area contributed by atoms with Crippen LogP contribution in [0.2, 0.25) is 0 Å². The molecular weight excluding hydrogens is 196 g/mol. The van der Waals surface area contributed by atoms with Crippen LogP contribution >= 0.6 is 0 Å². The van der Waals surface area contributed by atoms with E-state index in [0.717, 1.165) is 13.0 Å². The van der Waals surface area contributed by atoms with E-state index in [0.29, 0.717) is 0 Å². The Morgan fingerprint density at radius 3 is 2.69 bits per heavy atom. The van der Waals surface area contributed by atoms with E-state index in [1.165, 1.54) is 35.9 Å². The largest absolute Gasteiger partial charge is 0.265 e. The molecule has 2 aromatic rings. The van der Waals surface area contributed by atoms with E-state index < -0.39 is 0 Å². The van der Waals surface area contributed by atoms with Crippen molar-refractivity contribution in [2.75, 3.05) is 0 Å². The van der Waals surface area contributed by atoms with Crippen LogP contribution in [-0.4, -0.2) is 9.78 Å². The molecule has 0 aliphatic carbocycles. The molecular formula is C14H20N2. The highest BCUT2D eigenvalue weighted by Gasteiger charge is 2.07. The molecule has 0 spiro atoms. The number of aromatic nitrogens is 2. The second-order valence-electron chi connectivity index (χ2n) is 4.25. The summed E-state index contributed by atoms with van der Waals surface area (Å²) in [6.45, 7) is 5.46. The first-order valence-electron chi connectivity index (χ1n) is 6.31. The van der Waals surface area contributed by atoms with Gasteiger partial charge in [0.05, 0.1) is 11.2 Å². The Labute approximate surface area is 97.3 Å². The Kier molecular flexibility index (Phi) is 3.60. The van der Waals surface area contributed by atoms with Gasteiger partial charge in [-0.15, -0.1) is 0 Å². The van der Waals surface area contributed by atoms with Crippen molar-refractivity contribution in [2.24, 2.45) is 0 Å². The lowest BCUT2D eigenvalue weighted by Gasteiger charge is -2.01. The zero-order chi connectivity index (χ0) is 11.4. The normalized spacial score (nSPS) is 11.1. The third-order valence-electron chi connectivity index (χ3n) is 3.04. The van der Waals surface area contributed by atoms with Gasteiger partial charge in [0.2, 0.25) is 0 Å². The molecule has 0 saturated heterocycles. The van der Waals surface area contributed by atoms with Gasteiger partial charge in [-0.2, -0.15) is 5.10 Å². The highest BCUT2D eigenvalue weighted by atomic mass is 15.3. The number of nitrogens with zero attached hydrogens (tertiary/aromatic N) is 2. The van der Waals surface area contributed by atoms with Crippen molar-refractivity contribution in [2.45, 2.75) is 46.1 Å². The minimum Gasteiger partial charge on any atom is -0.265 e. The molecule has 0 amide bonds. The van der Waals surface area contributed by atoms with Crippen molar-refractivity contribution in [3.05, 3.63) is 30.0 Å². The van der Waals surface area contributed by atoms with Crippen molar-refractivity contribution in [3.8, 4) is 0 Å². The maximum Gasteiger partial charge on any atom is 0.0700 e. The summed E-state index contributed by atoms with van der Waals surface area (Å²) in [5, 5.41) is 6.02. The van der Waals surface area contributed by atoms with Crippen molar-refractivity contribution >= 4 is 10.9 Å². The average Bonchev–Trinajstić information content (AvgIpc) is 2.68. The summed E-state index contributed by atoms with van der Waals surface area (Å²) in [6.07, 6.45) is 4.79. The highest BCUT2D eigenvalue weighted by molar-refractivity contribution is 5.81. The summed E-state index contributed by atoms with van der Waals surface area (Å²) in [6, 6.07) is 8.55. The molecule has 0 aliphatic rings. The van der Waals surface area contributed by atoms with Crippen LogP contribution in [0.1, 0.15) is 38.8 Å². The average molecular weight is 216 g/mol. The standard InChI is InChI=1S/C14H20N2/c1-3-5-8-11-16-14-10-7-6-9-12(14)13(4-2)15-16/h6-7,9-10H,3-5,8,11H2,1-2H3. The lowest BCUT2D eigenvalue weighted by atomic mass is 10.2. The Hall–Kier alpha value is -1.31. The fourth-order valence-electron chi connectivity index (χ4n) is 2.14. The second kappa shape index (κ2) is 5.15. The first-order valence-corrected chi connectivity index (χ1v) is 6.31. The van der Waals surface area contributed by atoms with Crippen LogP contribution in [-0.2, 0) is 13.0 Å². The fourth-order valence-corrected chi connectivity index (χ4v) is 2.14. The minimum absolute atomic E-state index is 1.02. The summed E-state index contributed by atoms with van der Waals surface area (Å²) in [7, 11) is 0. The van der Waals surface area contributed by atoms with Crippen molar-refractivity contribution in [1.82, 2.24) is 9.78 Å². The Morgan fingerprint density at radius 2 is 1.94 bits per heavy atom. The monoisotopic (exact) mass is 216 g/mol. The minimum atomic E-state index is 1.02.